The zero-order valence-corrected chi connectivity index (χ0v) is 11.4. The second kappa shape index (κ2) is 4.88. The van der Waals surface area contributed by atoms with Gasteiger partial charge < -0.3 is 4.74 Å². The van der Waals surface area contributed by atoms with Crippen LogP contribution in [0.2, 0.25) is 5.02 Å². The average Bonchev–Trinajstić information content (AvgIpc) is 2.66. The van der Waals surface area contributed by atoms with E-state index in [2.05, 4.69) is 0 Å². The SMILES string of the molecule is COC(=O)[C@@]1(C)C[C@H](c2ccccc2Cl)N(C)O1. The van der Waals surface area contributed by atoms with Gasteiger partial charge in [-0.3, -0.25) is 4.84 Å². The molecule has 4 nitrogen and oxygen atoms in total. The first-order valence-corrected chi connectivity index (χ1v) is 6.10. The van der Waals surface area contributed by atoms with Crippen molar-refractivity contribution in [2.24, 2.45) is 0 Å². The number of hydrogen-bond donors (Lipinski definition) is 0. The van der Waals surface area contributed by atoms with Crippen LogP contribution >= 0.6 is 11.6 Å². The maximum Gasteiger partial charge on any atom is 0.340 e. The molecule has 0 saturated carbocycles. The van der Waals surface area contributed by atoms with Crippen LogP contribution in [0.1, 0.15) is 24.9 Å². The number of carbonyl (C=O) groups is 1. The Morgan fingerprint density at radius 2 is 2.22 bits per heavy atom. The van der Waals surface area contributed by atoms with Crippen LogP contribution in [0.3, 0.4) is 0 Å². The van der Waals surface area contributed by atoms with Crippen molar-refractivity contribution < 1.29 is 14.4 Å². The molecule has 1 aliphatic heterocycles. The van der Waals surface area contributed by atoms with Gasteiger partial charge in [0.15, 0.2) is 5.60 Å². The molecule has 1 fully saturated rings. The van der Waals surface area contributed by atoms with Crippen LogP contribution in [0.15, 0.2) is 24.3 Å². The third-order valence-corrected chi connectivity index (χ3v) is 3.59. The molecule has 1 aromatic carbocycles. The number of hydroxylamine groups is 2. The van der Waals surface area contributed by atoms with Crippen LogP contribution in [0, 0.1) is 0 Å². The van der Waals surface area contributed by atoms with Gasteiger partial charge in [-0.1, -0.05) is 29.8 Å². The van der Waals surface area contributed by atoms with Gasteiger partial charge in [0.05, 0.1) is 13.2 Å². The minimum Gasteiger partial charge on any atom is -0.467 e. The highest BCUT2D eigenvalue weighted by molar-refractivity contribution is 6.31. The predicted molar refractivity (Wildman–Crippen MR) is 68.1 cm³/mol. The molecular weight excluding hydrogens is 254 g/mol. The van der Waals surface area contributed by atoms with Crippen LogP contribution in [-0.2, 0) is 14.4 Å². The van der Waals surface area contributed by atoms with E-state index in [1.54, 1.807) is 19.0 Å². The summed E-state index contributed by atoms with van der Waals surface area (Å²) in [5.74, 6) is -0.371. The van der Waals surface area contributed by atoms with E-state index in [9.17, 15) is 4.79 Å². The summed E-state index contributed by atoms with van der Waals surface area (Å²) in [6, 6.07) is 7.51. The van der Waals surface area contributed by atoms with E-state index in [4.69, 9.17) is 21.2 Å². The van der Waals surface area contributed by atoms with Gasteiger partial charge in [-0.05, 0) is 18.6 Å². The normalized spacial score (nSPS) is 28.3. The summed E-state index contributed by atoms with van der Waals surface area (Å²) < 4.78 is 4.78. The van der Waals surface area contributed by atoms with E-state index in [0.717, 1.165) is 5.56 Å². The van der Waals surface area contributed by atoms with Crippen molar-refractivity contribution in [2.45, 2.75) is 25.0 Å². The Hall–Kier alpha value is -1.10. The summed E-state index contributed by atoms with van der Waals surface area (Å²) in [5, 5.41) is 2.34. The maximum absolute atomic E-state index is 11.7. The number of ether oxygens (including phenoxy) is 1. The second-order valence-electron chi connectivity index (χ2n) is 4.60. The summed E-state index contributed by atoms with van der Waals surface area (Å²) in [6.07, 6.45) is 0.514. The smallest absolute Gasteiger partial charge is 0.340 e. The lowest BCUT2D eigenvalue weighted by Gasteiger charge is -2.20. The predicted octanol–water partition coefficient (Wildman–Crippen LogP) is 2.58. The molecule has 2 atom stereocenters. The fraction of sp³-hybridized carbons (Fsp3) is 0.462. The van der Waals surface area contributed by atoms with Gasteiger partial charge in [0, 0.05) is 18.5 Å². The lowest BCUT2D eigenvalue weighted by Crippen LogP contribution is -2.36. The van der Waals surface area contributed by atoms with Crippen LogP contribution in [0.4, 0.5) is 0 Å². The zero-order valence-electron chi connectivity index (χ0n) is 10.6. The number of rotatable bonds is 2. The van der Waals surface area contributed by atoms with E-state index in [-0.39, 0.29) is 12.0 Å². The minimum absolute atomic E-state index is 0.0530. The molecule has 0 N–H and O–H groups in total. The van der Waals surface area contributed by atoms with E-state index in [1.165, 1.54) is 7.11 Å². The van der Waals surface area contributed by atoms with Crippen LogP contribution in [-0.4, -0.2) is 30.8 Å². The van der Waals surface area contributed by atoms with Crippen LogP contribution in [0.25, 0.3) is 0 Å². The molecule has 0 spiro atoms. The summed E-state index contributed by atoms with van der Waals surface area (Å²) in [7, 11) is 3.15. The number of nitrogens with zero attached hydrogens (tertiary/aromatic N) is 1. The number of halogens is 1. The largest absolute Gasteiger partial charge is 0.467 e. The average molecular weight is 270 g/mol. The van der Waals surface area contributed by atoms with Crippen molar-refractivity contribution in [3.05, 3.63) is 34.9 Å². The lowest BCUT2D eigenvalue weighted by atomic mass is 9.94. The summed E-state index contributed by atoms with van der Waals surface area (Å²) >= 11 is 6.18. The monoisotopic (exact) mass is 269 g/mol. The first kappa shape index (κ1) is 13.3. The van der Waals surface area contributed by atoms with Crippen molar-refractivity contribution >= 4 is 17.6 Å². The molecule has 5 heteroatoms. The van der Waals surface area contributed by atoms with Gasteiger partial charge in [0.1, 0.15) is 0 Å². The summed E-state index contributed by atoms with van der Waals surface area (Å²) in [6.45, 7) is 1.73. The number of esters is 1. The highest BCUT2D eigenvalue weighted by Gasteiger charge is 2.48. The molecule has 0 amide bonds. The molecule has 0 aliphatic carbocycles. The van der Waals surface area contributed by atoms with Gasteiger partial charge in [-0.2, -0.15) is 5.06 Å². The van der Waals surface area contributed by atoms with E-state index < -0.39 is 5.60 Å². The van der Waals surface area contributed by atoms with Crippen molar-refractivity contribution in [2.75, 3.05) is 14.2 Å². The lowest BCUT2D eigenvalue weighted by molar-refractivity contribution is -0.205. The Bertz CT molecular complexity index is 465. The number of hydrogen-bond acceptors (Lipinski definition) is 4. The first-order valence-electron chi connectivity index (χ1n) is 5.73. The van der Waals surface area contributed by atoms with Crippen molar-refractivity contribution in [3.8, 4) is 0 Å². The van der Waals surface area contributed by atoms with Gasteiger partial charge in [0.25, 0.3) is 0 Å². The fourth-order valence-electron chi connectivity index (χ4n) is 2.30. The Labute approximate surface area is 111 Å². The summed E-state index contributed by atoms with van der Waals surface area (Å²) in [4.78, 5) is 17.4. The van der Waals surface area contributed by atoms with Crippen LogP contribution < -0.4 is 0 Å². The molecule has 0 bridgehead atoms. The van der Waals surface area contributed by atoms with E-state index >= 15 is 0 Å². The molecule has 1 aromatic rings. The topological polar surface area (TPSA) is 38.8 Å². The quantitative estimate of drug-likeness (QED) is 0.774. The molecular formula is C13H16ClNO3. The highest BCUT2D eigenvalue weighted by atomic mass is 35.5. The number of methoxy groups -OCH3 is 1. The summed E-state index contributed by atoms with van der Waals surface area (Å²) in [5.41, 5.74) is 0.00200. The first-order chi connectivity index (χ1) is 8.48. The maximum atomic E-state index is 11.7. The molecule has 0 unspecified atom stereocenters. The van der Waals surface area contributed by atoms with Gasteiger partial charge in [0.2, 0.25) is 0 Å². The van der Waals surface area contributed by atoms with Gasteiger partial charge >= 0.3 is 5.97 Å². The zero-order chi connectivity index (χ0) is 13.3. The number of carbonyl (C=O) groups excluding carboxylic acids is 1. The number of benzene rings is 1. The van der Waals surface area contributed by atoms with Crippen molar-refractivity contribution in [1.82, 2.24) is 5.06 Å². The van der Waals surface area contributed by atoms with E-state index in [0.29, 0.717) is 11.4 Å². The molecule has 2 rings (SSSR count). The van der Waals surface area contributed by atoms with Gasteiger partial charge in [-0.15, -0.1) is 0 Å². The van der Waals surface area contributed by atoms with Crippen molar-refractivity contribution in [3.63, 3.8) is 0 Å². The molecule has 0 radical (unpaired) electrons. The Kier molecular flexibility index (Phi) is 3.61. The van der Waals surface area contributed by atoms with Crippen LogP contribution in [0.5, 0.6) is 0 Å². The Morgan fingerprint density at radius 1 is 1.56 bits per heavy atom. The molecule has 0 aromatic heterocycles. The van der Waals surface area contributed by atoms with E-state index in [1.807, 2.05) is 24.3 Å². The third kappa shape index (κ3) is 2.23. The highest BCUT2D eigenvalue weighted by Crippen LogP contribution is 2.41. The van der Waals surface area contributed by atoms with Crippen molar-refractivity contribution in [1.29, 1.82) is 0 Å². The molecule has 1 aliphatic rings. The third-order valence-electron chi connectivity index (χ3n) is 3.25. The molecule has 18 heavy (non-hydrogen) atoms. The standard InChI is InChI=1S/C13H16ClNO3/c1-13(12(16)17-3)8-11(15(2)18-13)9-6-4-5-7-10(9)14/h4-7,11H,8H2,1-3H3/t11-,13-/m1/s1. The molecule has 98 valence electrons. The fourth-order valence-corrected chi connectivity index (χ4v) is 2.57. The van der Waals surface area contributed by atoms with Gasteiger partial charge in [-0.25, -0.2) is 4.79 Å². The Balaban J connectivity index is 2.28. The molecule has 1 saturated heterocycles. The minimum atomic E-state index is -0.951. The second-order valence-corrected chi connectivity index (χ2v) is 5.01. The Morgan fingerprint density at radius 3 is 2.83 bits per heavy atom. The molecule has 1 heterocycles.